The monoisotopic (exact) mass is 294 g/mol. The van der Waals surface area contributed by atoms with Crippen LogP contribution in [0.3, 0.4) is 0 Å². The zero-order valence-electron chi connectivity index (χ0n) is 7.92. The standard InChI is InChI=1S/C4H10NO8P3/c5-3-1-2-4(6)15(8,9)12-14(7)13-16(4,10)11/h6H,1-3,5H2,(H-,8,9,10,11)/p+1. The number of hydrogen-bond donors (Lipinski definition) is 4. The summed E-state index contributed by atoms with van der Waals surface area (Å²) in [6, 6.07) is 0. The Bertz CT molecular complexity index is 367. The maximum absolute atomic E-state index is 11.5. The largest absolute Gasteiger partial charge is 0.715 e. The Morgan fingerprint density at radius 2 is 1.69 bits per heavy atom. The second kappa shape index (κ2) is 4.53. The van der Waals surface area contributed by atoms with Crippen LogP contribution in [0.25, 0.3) is 0 Å². The molecule has 1 rings (SSSR count). The van der Waals surface area contributed by atoms with E-state index in [0.717, 1.165) is 0 Å². The zero-order chi connectivity index (χ0) is 12.6. The third kappa shape index (κ3) is 2.29. The van der Waals surface area contributed by atoms with Gasteiger partial charge in [-0.2, -0.15) is 0 Å². The van der Waals surface area contributed by atoms with Crippen molar-refractivity contribution in [2.75, 3.05) is 6.54 Å². The Morgan fingerprint density at radius 3 is 2.06 bits per heavy atom. The van der Waals surface area contributed by atoms with Crippen LogP contribution in [0.5, 0.6) is 0 Å². The predicted octanol–water partition coefficient (Wildman–Crippen LogP) is 0.446. The van der Waals surface area contributed by atoms with Crippen LogP contribution in [0.2, 0.25) is 0 Å². The molecule has 1 aliphatic rings. The molecule has 1 fully saturated rings. The topological polar surface area (TPSA) is 156 Å². The van der Waals surface area contributed by atoms with Gasteiger partial charge in [0.25, 0.3) is 5.08 Å². The lowest BCUT2D eigenvalue weighted by molar-refractivity contribution is 0.114. The van der Waals surface area contributed by atoms with Gasteiger partial charge in [-0.15, -0.1) is 0 Å². The lowest BCUT2D eigenvalue weighted by Gasteiger charge is -2.31. The minimum atomic E-state index is -4.94. The highest BCUT2D eigenvalue weighted by Crippen LogP contribution is 2.82. The van der Waals surface area contributed by atoms with Crippen molar-refractivity contribution >= 4 is 23.4 Å². The molecule has 0 radical (unpaired) electrons. The summed E-state index contributed by atoms with van der Waals surface area (Å²) in [7, 11) is -13.1. The number of rotatable bonds is 3. The van der Waals surface area contributed by atoms with E-state index in [4.69, 9.17) is 5.73 Å². The zero-order valence-corrected chi connectivity index (χ0v) is 10.6. The van der Waals surface area contributed by atoms with Crippen molar-refractivity contribution in [1.29, 1.82) is 0 Å². The molecule has 2 atom stereocenters. The Labute approximate surface area is 91.6 Å². The van der Waals surface area contributed by atoms with E-state index in [9.17, 15) is 28.6 Å². The Kier molecular flexibility index (Phi) is 4.08. The van der Waals surface area contributed by atoms with Crippen molar-refractivity contribution in [2.24, 2.45) is 5.73 Å². The van der Waals surface area contributed by atoms with Crippen molar-refractivity contribution in [3.05, 3.63) is 0 Å². The van der Waals surface area contributed by atoms with Crippen molar-refractivity contribution in [1.82, 2.24) is 0 Å². The normalized spacial score (nSPS) is 46.9. The molecule has 16 heavy (non-hydrogen) atoms. The van der Waals surface area contributed by atoms with E-state index in [-0.39, 0.29) is 13.0 Å². The van der Waals surface area contributed by atoms with Crippen LogP contribution in [-0.4, -0.2) is 26.5 Å². The average molecular weight is 294 g/mol. The van der Waals surface area contributed by atoms with Crippen LogP contribution in [0.4, 0.5) is 0 Å². The highest BCUT2D eigenvalue weighted by Gasteiger charge is 2.72. The van der Waals surface area contributed by atoms with E-state index in [1.165, 1.54) is 0 Å². The molecule has 0 spiro atoms. The van der Waals surface area contributed by atoms with Crippen LogP contribution in [-0.2, 0) is 22.3 Å². The molecular weight excluding hydrogens is 283 g/mol. The summed E-state index contributed by atoms with van der Waals surface area (Å²) in [4.78, 5) is 18.5. The molecule has 0 aromatic carbocycles. The highest BCUT2D eigenvalue weighted by atomic mass is 31.3. The van der Waals surface area contributed by atoms with Gasteiger partial charge in [0.05, 0.1) is 0 Å². The molecule has 1 aliphatic heterocycles. The van der Waals surface area contributed by atoms with Crippen molar-refractivity contribution in [2.45, 2.75) is 17.9 Å². The van der Waals surface area contributed by atoms with Gasteiger partial charge >= 0.3 is 23.4 Å². The molecule has 94 valence electrons. The number of aliphatic hydroxyl groups is 1. The summed E-state index contributed by atoms with van der Waals surface area (Å²) in [6.07, 6.45) is -0.580. The fourth-order valence-corrected chi connectivity index (χ4v) is 6.80. The van der Waals surface area contributed by atoms with Crippen molar-refractivity contribution in [3.8, 4) is 0 Å². The maximum atomic E-state index is 11.5. The van der Waals surface area contributed by atoms with Gasteiger partial charge < -0.3 is 20.6 Å². The third-order valence-corrected chi connectivity index (χ3v) is 8.59. The second-order valence-corrected chi connectivity index (χ2v) is 8.76. The van der Waals surface area contributed by atoms with Crippen LogP contribution >= 0.6 is 23.4 Å². The van der Waals surface area contributed by atoms with Gasteiger partial charge in [0.1, 0.15) is 0 Å². The van der Waals surface area contributed by atoms with Crippen LogP contribution in [0.15, 0.2) is 0 Å². The molecule has 12 heteroatoms. The van der Waals surface area contributed by atoms with E-state index < -0.39 is 35.0 Å². The van der Waals surface area contributed by atoms with Gasteiger partial charge in [0.2, 0.25) is 0 Å². The Balaban J connectivity index is 3.15. The first kappa shape index (κ1) is 14.4. The van der Waals surface area contributed by atoms with Gasteiger partial charge in [-0.1, -0.05) is 0 Å². The molecule has 0 aromatic heterocycles. The van der Waals surface area contributed by atoms with E-state index in [2.05, 4.69) is 8.62 Å². The smallest absolute Gasteiger partial charge is 0.367 e. The van der Waals surface area contributed by atoms with Gasteiger partial charge in [-0.25, -0.2) is 0 Å². The molecule has 0 aliphatic carbocycles. The van der Waals surface area contributed by atoms with E-state index in [0.29, 0.717) is 0 Å². The van der Waals surface area contributed by atoms with Crippen LogP contribution in [0, 0.1) is 0 Å². The summed E-state index contributed by atoms with van der Waals surface area (Å²) in [5, 5.41) is 6.73. The van der Waals surface area contributed by atoms with Crippen molar-refractivity contribution in [3.63, 3.8) is 0 Å². The molecule has 0 aromatic rings. The van der Waals surface area contributed by atoms with E-state index in [1.807, 2.05) is 0 Å². The van der Waals surface area contributed by atoms with E-state index >= 15 is 0 Å². The fraction of sp³-hybridized carbons (Fsp3) is 1.00. The number of nitrogens with two attached hydrogens (primary N) is 1. The fourth-order valence-electron chi connectivity index (χ4n) is 1.11. The Morgan fingerprint density at radius 1 is 1.25 bits per heavy atom. The second-order valence-electron chi connectivity index (χ2n) is 3.09. The lowest BCUT2D eigenvalue weighted by atomic mass is 10.3. The van der Waals surface area contributed by atoms with Gasteiger partial charge in [0, 0.05) is 11.0 Å². The highest BCUT2D eigenvalue weighted by molar-refractivity contribution is 7.80. The van der Waals surface area contributed by atoms with Gasteiger partial charge in [-0.3, -0.25) is 9.13 Å². The van der Waals surface area contributed by atoms with Crippen LogP contribution < -0.4 is 5.73 Å². The lowest BCUT2D eigenvalue weighted by Crippen LogP contribution is -2.32. The Hall–Kier alpha value is 0.320. The average Bonchev–Trinajstić information content (AvgIpc) is 2.09. The summed E-state index contributed by atoms with van der Waals surface area (Å²) >= 11 is 0. The third-order valence-electron chi connectivity index (χ3n) is 1.98. The van der Waals surface area contributed by atoms with Crippen molar-refractivity contribution < 1.29 is 37.2 Å². The molecule has 0 amide bonds. The molecule has 1 saturated heterocycles. The first-order valence-electron chi connectivity index (χ1n) is 4.11. The van der Waals surface area contributed by atoms with Crippen LogP contribution in [0.1, 0.15) is 12.8 Å². The molecule has 1 heterocycles. The summed E-state index contributed by atoms with van der Waals surface area (Å²) < 4.78 is 41.7. The summed E-state index contributed by atoms with van der Waals surface area (Å²) in [5.41, 5.74) is 5.12. The molecule has 2 unspecified atom stereocenters. The van der Waals surface area contributed by atoms with E-state index in [1.54, 1.807) is 0 Å². The minimum absolute atomic E-state index is 0.00486. The molecule has 9 nitrogen and oxygen atoms in total. The maximum Gasteiger partial charge on any atom is 0.715 e. The SMILES string of the molecule is NCCCC1(O)P(=O)(O)O[P+](=O)OP1(=O)O. The number of hydrogen-bond acceptors (Lipinski definition) is 7. The predicted molar refractivity (Wildman–Crippen MR) is 52.7 cm³/mol. The summed E-state index contributed by atoms with van der Waals surface area (Å²) in [6.45, 7) is 0.0223. The van der Waals surface area contributed by atoms with Gasteiger partial charge in [0.15, 0.2) is 0 Å². The quantitative estimate of drug-likeness (QED) is 0.542. The molecular formula is C4H11NO8P3+. The molecule has 0 bridgehead atoms. The minimum Gasteiger partial charge on any atom is -0.367 e. The molecule has 5 N–H and O–H groups in total. The first-order valence-corrected chi connectivity index (χ1v) is 8.36. The first-order chi connectivity index (χ1) is 7.16. The van der Waals surface area contributed by atoms with Gasteiger partial charge in [-0.05, 0) is 21.6 Å². The molecule has 0 saturated carbocycles. The summed E-state index contributed by atoms with van der Waals surface area (Å²) in [5.74, 6) is 0.